The van der Waals surface area contributed by atoms with Crippen molar-refractivity contribution >= 4 is 29.1 Å². The third kappa shape index (κ3) is 2.65. The highest BCUT2D eigenvalue weighted by atomic mass is 35.5. The number of thioether (sulfide) groups is 1. The van der Waals surface area contributed by atoms with E-state index in [-0.39, 0.29) is 16.3 Å². The van der Waals surface area contributed by atoms with Crippen LogP contribution in [0.25, 0.3) is 11.3 Å². The zero-order valence-electron chi connectivity index (χ0n) is 13.2. The predicted molar refractivity (Wildman–Crippen MR) is 97.1 cm³/mol. The maximum Gasteiger partial charge on any atom is 0.325 e. The van der Waals surface area contributed by atoms with E-state index in [1.54, 1.807) is 16.8 Å². The van der Waals surface area contributed by atoms with Crippen LogP contribution in [0.3, 0.4) is 0 Å². The molecular weight excluding hydrogens is 360 g/mol. The number of hydrogen-bond acceptors (Lipinski definition) is 5. The molecule has 0 radical (unpaired) electrons. The largest absolute Gasteiger partial charge is 0.506 e. The van der Waals surface area contributed by atoms with Gasteiger partial charge in [-0.05, 0) is 41.3 Å². The van der Waals surface area contributed by atoms with Crippen LogP contribution < -0.4 is 15.6 Å². The molecule has 4 rings (SSSR count). The second-order valence-corrected chi connectivity index (χ2v) is 6.76. The minimum atomic E-state index is -0.420. The highest BCUT2D eigenvalue weighted by molar-refractivity contribution is 7.98. The molecule has 2 heterocycles. The number of para-hydroxylation sites is 1. The number of phenolic OH excluding ortho intramolecular Hbond substituents is 1. The molecule has 0 amide bonds. The summed E-state index contributed by atoms with van der Waals surface area (Å²) in [5.74, 6) is 0.00974. The van der Waals surface area contributed by atoms with Gasteiger partial charge in [-0.3, -0.25) is 9.78 Å². The summed E-state index contributed by atoms with van der Waals surface area (Å²) in [4.78, 5) is 15.5. The summed E-state index contributed by atoms with van der Waals surface area (Å²) >= 11 is 7.43. The fourth-order valence-corrected chi connectivity index (χ4v) is 3.45. The van der Waals surface area contributed by atoms with Gasteiger partial charge >= 0.3 is 11.3 Å². The minimum Gasteiger partial charge on any atom is -0.506 e. The van der Waals surface area contributed by atoms with Gasteiger partial charge in [0, 0.05) is 10.7 Å². The summed E-state index contributed by atoms with van der Waals surface area (Å²) in [6.45, 7) is 0. The first-order valence-electron chi connectivity index (χ1n) is 7.53. The van der Waals surface area contributed by atoms with Gasteiger partial charge in [0.05, 0.1) is 16.3 Å². The molecule has 1 atom stereocenters. The molecule has 126 valence electrons. The van der Waals surface area contributed by atoms with Crippen molar-refractivity contribution in [2.45, 2.75) is 11.3 Å². The molecule has 2 aromatic carbocycles. The molecular formula is C17H14ClN4O2S+. The van der Waals surface area contributed by atoms with Crippen LogP contribution in [0.15, 0.2) is 52.4 Å². The van der Waals surface area contributed by atoms with E-state index < -0.39 is 6.17 Å². The molecule has 6 nitrogen and oxygen atoms in total. The van der Waals surface area contributed by atoms with E-state index in [2.05, 4.69) is 15.4 Å². The van der Waals surface area contributed by atoms with Crippen molar-refractivity contribution in [3.8, 4) is 17.0 Å². The number of anilines is 1. The molecule has 0 saturated carbocycles. The number of nitrogens with zero attached hydrogens (tertiary/aromatic N) is 2. The summed E-state index contributed by atoms with van der Waals surface area (Å²) in [5.41, 5.74) is 2.67. The molecule has 1 aliphatic heterocycles. The first-order valence-corrected chi connectivity index (χ1v) is 9.13. The standard InChI is InChI=1S/C17H13ClN4O2S/c1-25-17-20-16(24)14-10-4-2-3-5-12(10)19-15(22(14)21-17)9-6-7-13(23)11(18)8-9/h2-8,15H,1H3,(H2,20,21,23,24)/p+1/t15-/m1/s1. The van der Waals surface area contributed by atoms with E-state index >= 15 is 0 Å². The fourth-order valence-electron chi connectivity index (χ4n) is 2.90. The van der Waals surface area contributed by atoms with Crippen molar-refractivity contribution in [2.24, 2.45) is 0 Å². The number of H-pyrrole nitrogens is 1. The van der Waals surface area contributed by atoms with Crippen molar-refractivity contribution in [1.82, 2.24) is 10.1 Å². The number of phenols is 1. The lowest BCUT2D eigenvalue weighted by Gasteiger charge is -2.22. The second-order valence-electron chi connectivity index (χ2n) is 5.56. The topological polar surface area (TPSA) is 81.9 Å². The highest BCUT2D eigenvalue weighted by Gasteiger charge is 2.37. The number of aromatic amines is 1. The minimum absolute atomic E-state index is 0.00974. The molecule has 0 aliphatic carbocycles. The summed E-state index contributed by atoms with van der Waals surface area (Å²) in [5, 5.41) is 18.4. The van der Waals surface area contributed by atoms with E-state index in [9.17, 15) is 9.90 Å². The molecule has 0 spiro atoms. The van der Waals surface area contributed by atoms with Crippen LogP contribution in [0.2, 0.25) is 5.02 Å². The third-order valence-corrected chi connectivity index (χ3v) is 4.94. The van der Waals surface area contributed by atoms with Crippen LogP contribution >= 0.6 is 23.4 Å². The molecule has 3 N–H and O–H groups in total. The molecule has 0 bridgehead atoms. The number of nitrogens with one attached hydrogen (secondary N) is 2. The van der Waals surface area contributed by atoms with E-state index in [0.717, 1.165) is 16.8 Å². The van der Waals surface area contributed by atoms with Gasteiger partial charge < -0.3 is 10.4 Å². The Kier molecular flexibility index (Phi) is 3.89. The average Bonchev–Trinajstić information content (AvgIpc) is 2.63. The van der Waals surface area contributed by atoms with Crippen molar-refractivity contribution in [2.75, 3.05) is 11.6 Å². The van der Waals surface area contributed by atoms with Gasteiger partial charge in [0.25, 0.3) is 6.17 Å². The van der Waals surface area contributed by atoms with E-state index in [0.29, 0.717) is 10.9 Å². The number of fused-ring (bicyclic) bond motifs is 3. The number of aromatic nitrogens is 3. The van der Waals surface area contributed by atoms with Crippen LogP contribution in [-0.2, 0) is 0 Å². The summed E-state index contributed by atoms with van der Waals surface area (Å²) in [7, 11) is 0. The molecule has 25 heavy (non-hydrogen) atoms. The summed E-state index contributed by atoms with van der Waals surface area (Å²) in [6, 6.07) is 12.5. The second kappa shape index (κ2) is 6.09. The van der Waals surface area contributed by atoms with E-state index in [1.165, 1.54) is 17.8 Å². The van der Waals surface area contributed by atoms with Crippen molar-refractivity contribution in [1.29, 1.82) is 0 Å². The van der Waals surface area contributed by atoms with Gasteiger partial charge in [-0.15, -0.1) is 0 Å². The lowest BCUT2D eigenvalue weighted by molar-refractivity contribution is -0.759. The average molecular weight is 374 g/mol. The van der Waals surface area contributed by atoms with Gasteiger partial charge in [0.1, 0.15) is 5.75 Å². The molecule has 0 unspecified atom stereocenters. The van der Waals surface area contributed by atoms with Crippen molar-refractivity contribution < 1.29 is 9.79 Å². The van der Waals surface area contributed by atoms with Crippen LogP contribution in [0.4, 0.5) is 5.69 Å². The van der Waals surface area contributed by atoms with Crippen LogP contribution in [0.5, 0.6) is 5.75 Å². The zero-order chi connectivity index (χ0) is 17.6. The Morgan fingerprint density at radius 3 is 2.84 bits per heavy atom. The molecule has 0 saturated heterocycles. The number of rotatable bonds is 2. The van der Waals surface area contributed by atoms with Gasteiger partial charge in [0.2, 0.25) is 5.16 Å². The van der Waals surface area contributed by atoms with Crippen molar-refractivity contribution in [3.63, 3.8) is 0 Å². The number of hydrogen-bond donors (Lipinski definition) is 3. The van der Waals surface area contributed by atoms with Crippen LogP contribution in [0, 0.1) is 0 Å². The maximum atomic E-state index is 12.7. The van der Waals surface area contributed by atoms with Crippen LogP contribution in [0.1, 0.15) is 11.7 Å². The van der Waals surface area contributed by atoms with Gasteiger partial charge in [-0.2, -0.15) is 0 Å². The number of benzene rings is 2. The van der Waals surface area contributed by atoms with E-state index in [4.69, 9.17) is 11.6 Å². The Labute approximate surface area is 152 Å². The first-order chi connectivity index (χ1) is 12.1. The SMILES string of the molecule is CSc1n[n+]2c(c(=O)[nH]1)-c1ccccc1N[C@H]2c1ccc(O)c(Cl)c1. The number of halogens is 1. The fraction of sp³-hybridized carbons (Fsp3) is 0.118. The molecule has 3 aromatic rings. The first kappa shape index (κ1) is 16.0. The molecule has 1 aromatic heterocycles. The van der Waals surface area contributed by atoms with E-state index in [1.807, 2.05) is 30.5 Å². The summed E-state index contributed by atoms with van der Waals surface area (Å²) in [6.07, 6.45) is 1.43. The highest BCUT2D eigenvalue weighted by Crippen LogP contribution is 2.33. The lowest BCUT2D eigenvalue weighted by Crippen LogP contribution is -2.55. The Hall–Kier alpha value is -2.51. The molecule has 8 heteroatoms. The quantitative estimate of drug-likeness (QED) is 0.475. The third-order valence-electron chi connectivity index (χ3n) is 4.06. The zero-order valence-corrected chi connectivity index (χ0v) is 14.7. The predicted octanol–water partition coefficient (Wildman–Crippen LogP) is 2.78. The molecule has 0 fully saturated rings. The Bertz CT molecular complexity index is 1040. The van der Waals surface area contributed by atoms with Gasteiger partial charge in [0.15, 0.2) is 0 Å². The lowest BCUT2D eigenvalue weighted by atomic mass is 10.0. The molecule has 1 aliphatic rings. The van der Waals surface area contributed by atoms with Crippen LogP contribution in [-0.4, -0.2) is 21.4 Å². The Balaban J connectivity index is 1.98. The summed E-state index contributed by atoms with van der Waals surface area (Å²) < 4.78 is 1.66. The van der Waals surface area contributed by atoms with Gasteiger partial charge in [-0.25, -0.2) is 0 Å². The normalized spacial score (nSPS) is 15.2. The Morgan fingerprint density at radius 1 is 1.28 bits per heavy atom. The smallest absolute Gasteiger partial charge is 0.325 e. The maximum absolute atomic E-state index is 12.7. The Morgan fingerprint density at radius 2 is 2.08 bits per heavy atom. The monoisotopic (exact) mass is 373 g/mol. The van der Waals surface area contributed by atoms with Crippen molar-refractivity contribution in [3.05, 3.63) is 63.4 Å². The van der Waals surface area contributed by atoms with Gasteiger partial charge in [-0.1, -0.05) is 35.5 Å². The number of aromatic hydroxyl groups is 1.